The molecule has 0 saturated carbocycles. The monoisotopic (exact) mass is 359 g/mol. The fourth-order valence-corrected chi connectivity index (χ4v) is 3.63. The first kappa shape index (κ1) is 17.0. The van der Waals surface area contributed by atoms with Crippen LogP contribution in [0.15, 0.2) is 53.7 Å². The molecule has 7 nitrogen and oxygen atoms in total. The summed E-state index contributed by atoms with van der Waals surface area (Å²) in [5, 5.41) is 0.662. The van der Waals surface area contributed by atoms with Crippen molar-refractivity contribution in [2.45, 2.75) is 11.9 Å². The zero-order valence-corrected chi connectivity index (χ0v) is 14.6. The summed E-state index contributed by atoms with van der Waals surface area (Å²) in [6, 6.07) is 11.5. The summed E-state index contributed by atoms with van der Waals surface area (Å²) in [5.41, 5.74) is 1.22. The molecular formula is C17H17N3O4S. The first-order valence-electron chi connectivity index (χ1n) is 7.64. The first-order valence-corrected chi connectivity index (χ1v) is 9.08. The topological polar surface area (TPSA) is 92.4 Å². The van der Waals surface area contributed by atoms with Crippen molar-refractivity contribution in [3.05, 3.63) is 54.4 Å². The second-order valence-corrected chi connectivity index (χ2v) is 7.20. The maximum absolute atomic E-state index is 12.8. The molecule has 0 spiro atoms. The molecule has 3 rings (SSSR count). The molecule has 0 radical (unpaired) electrons. The molecule has 0 atom stereocenters. The van der Waals surface area contributed by atoms with Crippen LogP contribution in [0.25, 0.3) is 10.9 Å². The molecule has 0 amide bonds. The van der Waals surface area contributed by atoms with Crippen molar-refractivity contribution in [1.82, 2.24) is 9.97 Å². The predicted molar refractivity (Wildman–Crippen MR) is 94.1 cm³/mol. The Morgan fingerprint density at radius 2 is 2.04 bits per heavy atom. The third kappa shape index (κ3) is 3.08. The fraction of sp³-hybridized carbons (Fsp3) is 0.176. The van der Waals surface area contributed by atoms with Crippen molar-refractivity contribution >= 4 is 32.6 Å². The maximum Gasteiger partial charge on any atom is 0.354 e. The van der Waals surface area contributed by atoms with E-state index in [1.807, 2.05) is 0 Å². The second-order valence-electron chi connectivity index (χ2n) is 5.29. The lowest BCUT2D eigenvalue weighted by molar-refractivity contribution is 0.0520. The molecule has 0 saturated heterocycles. The Morgan fingerprint density at radius 3 is 2.72 bits per heavy atom. The SMILES string of the molecule is CCOC(=O)c1cc2cccc(N(C)S(=O)(=O)c3ccccn3)c2[nH]1. The van der Waals surface area contributed by atoms with Crippen molar-refractivity contribution in [3.8, 4) is 0 Å². The molecule has 8 heteroatoms. The Labute approximate surface area is 145 Å². The van der Waals surface area contributed by atoms with Crippen LogP contribution in [0.5, 0.6) is 0 Å². The van der Waals surface area contributed by atoms with Gasteiger partial charge >= 0.3 is 5.97 Å². The predicted octanol–water partition coefficient (Wildman–Crippen LogP) is 2.56. The van der Waals surface area contributed by atoms with Gasteiger partial charge in [0.15, 0.2) is 5.03 Å². The zero-order valence-electron chi connectivity index (χ0n) is 13.8. The number of rotatable bonds is 5. The average molecular weight is 359 g/mol. The summed E-state index contributed by atoms with van der Waals surface area (Å²) in [7, 11) is -2.37. The molecule has 0 aliphatic carbocycles. The van der Waals surface area contributed by atoms with Crippen molar-refractivity contribution in [3.63, 3.8) is 0 Å². The molecular weight excluding hydrogens is 342 g/mol. The van der Waals surface area contributed by atoms with Crippen molar-refractivity contribution < 1.29 is 17.9 Å². The third-order valence-electron chi connectivity index (χ3n) is 3.73. The smallest absolute Gasteiger partial charge is 0.354 e. The van der Waals surface area contributed by atoms with Gasteiger partial charge in [0.25, 0.3) is 10.0 Å². The van der Waals surface area contributed by atoms with Crippen molar-refractivity contribution in [2.24, 2.45) is 0 Å². The number of benzene rings is 1. The normalized spacial score (nSPS) is 11.4. The number of carbonyl (C=O) groups is 1. The number of nitrogens with zero attached hydrogens (tertiary/aromatic N) is 2. The third-order valence-corrected chi connectivity index (χ3v) is 5.42. The van der Waals surface area contributed by atoms with E-state index in [4.69, 9.17) is 4.74 Å². The number of carbonyl (C=O) groups excluding carboxylic acids is 1. The van der Waals surface area contributed by atoms with Gasteiger partial charge in [-0.15, -0.1) is 0 Å². The molecule has 0 fully saturated rings. The number of nitrogens with one attached hydrogen (secondary N) is 1. The van der Waals surface area contributed by atoms with Crippen LogP contribution in [0.1, 0.15) is 17.4 Å². The first-order chi connectivity index (χ1) is 11.9. The van der Waals surface area contributed by atoms with E-state index in [9.17, 15) is 13.2 Å². The summed E-state index contributed by atoms with van der Waals surface area (Å²) in [4.78, 5) is 18.8. The minimum Gasteiger partial charge on any atom is -0.461 e. The van der Waals surface area contributed by atoms with Gasteiger partial charge in [0.1, 0.15) is 5.69 Å². The molecule has 25 heavy (non-hydrogen) atoms. The molecule has 2 aromatic heterocycles. The van der Waals surface area contributed by atoms with E-state index in [2.05, 4.69) is 9.97 Å². The number of fused-ring (bicyclic) bond motifs is 1. The Kier molecular flexibility index (Phi) is 4.45. The van der Waals surface area contributed by atoms with E-state index in [-0.39, 0.29) is 17.3 Å². The summed E-state index contributed by atoms with van der Waals surface area (Å²) < 4.78 is 31.7. The van der Waals surface area contributed by atoms with Crippen LogP contribution in [0.2, 0.25) is 0 Å². The number of para-hydroxylation sites is 1. The highest BCUT2D eigenvalue weighted by Gasteiger charge is 2.24. The zero-order chi connectivity index (χ0) is 18.0. The lowest BCUT2D eigenvalue weighted by Crippen LogP contribution is -2.27. The van der Waals surface area contributed by atoms with Gasteiger partial charge in [-0.05, 0) is 31.2 Å². The van der Waals surface area contributed by atoms with Gasteiger partial charge in [0.2, 0.25) is 0 Å². The number of hydrogen-bond donors (Lipinski definition) is 1. The van der Waals surface area contributed by atoms with Gasteiger partial charge < -0.3 is 9.72 Å². The van der Waals surface area contributed by atoms with Crippen molar-refractivity contribution in [2.75, 3.05) is 18.0 Å². The number of ether oxygens (including phenoxy) is 1. The van der Waals surface area contributed by atoms with Gasteiger partial charge in [0.05, 0.1) is 17.8 Å². The Morgan fingerprint density at radius 1 is 1.24 bits per heavy atom. The highest BCUT2D eigenvalue weighted by molar-refractivity contribution is 7.92. The highest BCUT2D eigenvalue weighted by Crippen LogP contribution is 2.29. The number of aromatic nitrogens is 2. The van der Waals surface area contributed by atoms with Gasteiger partial charge in [-0.1, -0.05) is 18.2 Å². The molecule has 130 valence electrons. The van der Waals surface area contributed by atoms with E-state index in [1.165, 1.54) is 19.3 Å². The van der Waals surface area contributed by atoms with E-state index >= 15 is 0 Å². The Bertz CT molecular complexity index is 1010. The lowest BCUT2D eigenvalue weighted by atomic mass is 10.2. The van der Waals surface area contributed by atoms with E-state index in [1.54, 1.807) is 43.3 Å². The highest BCUT2D eigenvalue weighted by atomic mass is 32.2. The summed E-state index contributed by atoms with van der Waals surface area (Å²) in [6.07, 6.45) is 1.43. The molecule has 0 unspecified atom stereocenters. The Hall–Kier alpha value is -2.87. The van der Waals surface area contributed by atoms with Crippen LogP contribution in [0.4, 0.5) is 5.69 Å². The van der Waals surface area contributed by atoms with E-state index in [0.717, 1.165) is 4.31 Å². The van der Waals surface area contributed by atoms with Crippen LogP contribution in [0, 0.1) is 0 Å². The molecule has 0 aliphatic rings. The summed E-state index contributed by atoms with van der Waals surface area (Å²) in [5.74, 6) is -0.486. The number of H-pyrrole nitrogens is 1. The van der Waals surface area contributed by atoms with Crippen LogP contribution < -0.4 is 4.31 Å². The largest absolute Gasteiger partial charge is 0.461 e. The van der Waals surface area contributed by atoms with E-state index < -0.39 is 16.0 Å². The Balaban J connectivity index is 2.08. The van der Waals surface area contributed by atoms with Gasteiger partial charge in [-0.25, -0.2) is 9.78 Å². The molecule has 0 bridgehead atoms. The van der Waals surface area contributed by atoms with Gasteiger partial charge in [-0.2, -0.15) is 8.42 Å². The quantitative estimate of drug-likeness (QED) is 0.707. The van der Waals surface area contributed by atoms with Crippen molar-refractivity contribution in [1.29, 1.82) is 0 Å². The molecule has 0 aliphatic heterocycles. The second kappa shape index (κ2) is 6.56. The van der Waals surface area contributed by atoms with Gasteiger partial charge in [-0.3, -0.25) is 4.31 Å². The maximum atomic E-state index is 12.8. The minimum atomic E-state index is -3.82. The number of esters is 1. The molecule has 1 aromatic carbocycles. The number of anilines is 1. The summed E-state index contributed by atoms with van der Waals surface area (Å²) >= 11 is 0. The summed E-state index contributed by atoms with van der Waals surface area (Å²) in [6.45, 7) is 1.98. The standard InChI is InChI=1S/C17H17N3O4S/c1-3-24-17(21)13-11-12-7-6-8-14(16(12)19-13)20(2)25(22,23)15-9-4-5-10-18-15/h4-11,19H,3H2,1-2H3. The van der Waals surface area contributed by atoms with Gasteiger partial charge in [0, 0.05) is 18.6 Å². The average Bonchev–Trinajstić information content (AvgIpc) is 3.06. The molecule has 3 aromatic rings. The molecule has 2 heterocycles. The van der Waals surface area contributed by atoms with Crippen LogP contribution in [0.3, 0.4) is 0 Å². The fourth-order valence-electron chi connectivity index (χ4n) is 2.49. The van der Waals surface area contributed by atoms with Crippen LogP contribution >= 0.6 is 0 Å². The molecule has 1 N–H and O–H groups in total. The van der Waals surface area contributed by atoms with E-state index in [0.29, 0.717) is 16.6 Å². The number of pyridine rings is 1. The van der Waals surface area contributed by atoms with Crippen LogP contribution in [-0.4, -0.2) is 38.0 Å². The number of sulfonamides is 1. The van der Waals surface area contributed by atoms with Crippen LogP contribution in [-0.2, 0) is 14.8 Å². The number of aromatic amines is 1. The number of hydrogen-bond acceptors (Lipinski definition) is 5. The lowest BCUT2D eigenvalue weighted by Gasteiger charge is -2.19. The minimum absolute atomic E-state index is 0.0494.